The molecule has 0 atom stereocenters. The Hall–Kier alpha value is -2.63. The van der Waals surface area contributed by atoms with Gasteiger partial charge in [-0.25, -0.2) is 14.4 Å². The molecule has 1 heterocycles. The molecule has 0 spiro atoms. The molecule has 0 amide bonds. The van der Waals surface area contributed by atoms with E-state index in [0.717, 1.165) is 16.8 Å². The van der Waals surface area contributed by atoms with Crippen LogP contribution >= 0.6 is 0 Å². The van der Waals surface area contributed by atoms with Crippen molar-refractivity contribution >= 4 is 0 Å². The number of hydrogen-bond donors (Lipinski definition) is 2. The second-order valence-corrected chi connectivity index (χ2v) is 4.60. The Labute approximate surface area is 128 Å². The Morgan fingerprint density at radius 3 is 2.32 bits per heavy atom. The summed E-state index contributed by atoms with van der Waals surface area (Å²) in [6.45, 7) is 1.75. The first-order valence-electron chi connectivity index (χ1n) is 6.72. The molecule has 0 unspecified atom stereocenters. The molecular weight excluding hydrogens is 279 g/mol. The Balaban J connectivity index is 0.000000847. The molecule has 0 radical (unpaired) electrons. The molecule has 0 aliphatic carbocycles. The molecule has 0 aliphatic rings. The third-order valence-corrected chi connectivity index (χ3v) is 3.14. The fourth-order valence-electron chi connectivity index (χ4n) is 2.05. The van der Waals surface area contributed by atoms with E-state index < -0.39 is 0 Å². The van der Waals surface area contributed by atoms with E-state index in [2.05, 4.69) is 21.7 Å². The first-order valence-corrected chi connectivity index (χ1v) is 6.72. The highest BCUT2D eigenvalue weighted by Gasteiger charge is 2.06. The predicted molar refractivity (Wildman–Crippen MR) is 86.0 cm³/mol. The van der Waals surface area contributed by atoms with Crippen molar-refractivity contribution in [3.63, 3.8) is 0 Å². The van der Waals surface area contributed by atoms with E-state index in [0.29, 0.717) is 11.4 Å². The molecule has 22 heavy (non-hydrogen) atoms. The van der Waals surface area contributed by atoms with Gasteiger partial charge in [0.15, 0.2) is 5.82 Å². The molecule has 4 N–H and O–H groups in total. The second kappa shape index (κ2) is 7.40. The maximum absolute atomic E-state index is 13.3. The summed E-state index contributed by atoms with van der Waals surface area (Å²) >= 11 is 0. The molecule has 4 nitrogen and oxygen atoms in total. The van der Waals surface area contributed by atoms with Crippen LogP contribution in [-0.2, 0) is 0 Å². The Morgan fingerprint density at radius 1 is 0.909 bits per heavy atom. The van der Waals surface area contributed by atoms with E-state index in [1.54, 1.807) is 25.3 Å². The fourth-order valence-corrected chi connectivity index (χ4v) is 2.05. The molecule has 5 heteroatoms. The average Bonchev–Trinajstić information content (AvgIpc) is 2.60. The summed E-state index contributed by atoms with van der Waals surface area (Å²) in [5.41, 5.74) is 3.26. The van der Waals surface area contributed by atoms with E-state index in [1.807, 2.05) is 36.4 Å². The summed E-state index contributed by atoms with van der Waals surface area (Å²) in [5, 5.41) is 0. The number of nitrogens with zero attached hydrogens (tertiary/aromatic N) is 2. The van der Waals surface area contributed by atoms with Gasteiger partial charge in [-0.05, 0) is 36.8 Å². The van der Waals surface area contributed by atoms with Crippen LogP contribution in [-0.4, -0.2) is 9.97 Å². The Bertz CT molecular complexity index is 745. The predicted octanol–water partition coefficient (Wildman–Crippen LogP) is 3.08. The SMILES string of the molecule is Cc1cc(-c2ccnc(-c3ccccc3)n2)ccc1F.NN. The zero-order valence-corrected chi connectivity index (χ0v) is 12.2. The molecule has 3 rings (SSSR count). The van der Waals surface area contributed by atoms with E-state index >= 15 is 0 Å². The summed E-state index contributed by atoms with van der Waals surface area (Å²) in [5.74, 6) is 8.47. The quantitative estimate of drug-likeness (QED) is 0.563. The normalized spacial score (nSPS) is 9.82. The summed E-state index contributed by atoms with van der Waals surface area (Å²) in [7, 11) is 0. The van der Waals surface area contributed by atoms with Crippen LogP contribution < -0.4 is 11.7 Å². The molecule has 0 saturated carbocycles. The van der Waals surface area contributed by atoms with Gasteiger partial charge < -0.3 is 0 Å². The van der Waals surface area contributed by atoms with Gasteiger partial charge in [0.25, 0.3) is 0 Å². The van der Waals surface area contributed by atoms with Gasteiger partial charge in [0.1, 0.15) is 5.82 Å². The van der Waals surface area contributed by atoms with Crippen molar-refractivity contribution in [2.75, 3.05) is 0 Å². The molecule has 2 aromatic carbocycles. The van der Waals surface area contributed by atoms with Crippen LogP contribution in [0, 0.1) is 12.7 Å². The molecule has 0 fully saturated rings. The number of nitrogens with two attached hydrogens (primary N) is 2. The van der Waals surface area contributed by atoms with Gasteiger partial charge in [-0.15, -0.1) is 0 Å². The zero-order chi connectivity index (χ0) is 15.9. The molecule has 0 saturated heterocycles. The molecule has 0 bridgehead atoms. The van der Waals surface area contributed by atoms with Gasteiger partial charge in [0.05, 0.1) is 5.69 Å². The molecule has 1 aromatic heterocycles. The summed E-state index contributed by atoms with van der Waals surface area (Å²) in [6.07, 6.45) is 1.73. The van der Waals surface area contributed by atoms with Crippen molar-refractivity contribution in [1.29, 1.82) is 0 Å². The van der Waals surface area contributed by atoms with Gasteiger partial charge in [-0.3, -0.25) is 11.7 Å². The molecular formula is C17H17FN4. The van der Waals surface area contributed by atoms with Gasteiger partial charge in [-0.1, -0.05) is 30.3 Å². The van der Waals surface area contributed by atoms with E-state index in [1.165, 1.54) is 6.07 Å². The van der Waals surface area contributed by atoms with Crippen molar-refractivity contribution in [1.82, 2.24) is 9.97 Å². The maximum atomic E-state index is 13.3. The topological polar surface area (TPSA) is 77.8 Å². The molecule has 3 aromatic rings. The first kappa shape index (κ1) is 15.8. The van der Waals surface area contributed by atoms with Crippen molar-refractivity contribution in [2.45, 2.75) is 6.92 Å². The number of rotatable bonds is 2. The minimum absolute atomic E-state index is 0.203. The van der Waals surface area contributed by atoms with Crippen molar-refractivity contribution in [3.05, 3.63) is 72.2 Å². The average molecular weight is 296 g/mol. The van der Waals surface area contributed by atoms with Gasteiger partial charge in [-0.2, -0.15) is 0 Å². The third kappa shape index (κ3) is 3.52. The van der Waals surface area contributed by atoms with Gasteiger partial charge in [0.2, 0.25) is 0 Å². The third-order valence-electron chi connectivity index (χ3n) is 3.14. The Morgan fingerprint density at radius 2 is 1.64 bits per heavy atom. The van der Waals surface area contributed by atoms with Crippen LogP contribution in [0.3, 0.4) is 0 Å². The van der Waals surface area contributed by atoms with Crippen LogP contribution in [0.5, 0.6) is 0 Å². The lowest BCUT2D eigenvalue weighted by atomic mass is 10.1. The monoisotopic (exact) mass is 296 g/mol. The second-order valence-electron chi connectivity index (χ2n) is 4.60. The van der Waals surface area contributed by atoms with E-state index in [4.69, 9.17) is 0 Å². The maximum Gasteiger partial charge on any atom is 0.159 e. The van der Waals surface area contributed by atoms with Crippen molar-refractivity contribution in [2.24, 2.45) is 11.7 Å². The van der Waals surface area contributed by atoms with Crippen LogP contribution in [0.2, 0.25) is 0 Å². The molecule has 0 aliphatic heterocycles. The number of aromatic nitrogens is 2. The number of hydrazine groups is 1. The summed E-state index contributed by atoms with van der Waals surface area (Å²) in [4.78, 5) is 8.84. The lowest BCUT2D eigenvalue weighted by molar-refractivity contribution is 0.619. The highest BCUT2D eigenvalue weighted by molar-refractivity contribution is 5.63. The first-order chi connectivity index (χ1) is 10.7. The van der Waals surface area contributed by atoms with Crippen LogP contribution in [0.25, 0.3) is 22.6 Å². The zero-order valence-electron chi connectivity index (χ0n) is 12.2. The minimum atomic E-state index is -0.203. The lowest BCUT2D eigenvalue weighted by Gasteiger charge is -2.05. The van der Waals surface area contributed by atoms with Crippen molar-refractivity contribution in [3.8, 4) is 22.6 Å². The van der Waals surface area contributed by atoms with Gasteiger partial charge in [0, 0.05) is 17.3 Å². The minimum Gasteiger partial charge on any atom is -0.274 e. The summed E-state index contributed by atoms with van der Waals surface area (Å²) < 4.78 is 13.3. The lowest BCUT2D eigenvalue weighted by Crippen LogP contribution is -2.02. The number of aryl methyl sites for hydroxylation is 1. The Kier molecular flexibility index (Phi) is 5.30. The van der Waals surface area contributed by atoms with Crippen LogP contribution in [0.15, 0.2) is 60.8 Å². The number of halogens is 1. The smallest absolute Gasteiger partial charge is 0.159 e. The van der Waals surface area contributed by atoms with Crippen molar-refractivity contribution < 1.29 is 4.39 Å². The number of hydrogen-bond acceptors (Lipinski definition) is 4. The highest BCUT2D eigenvalue weighted by Crippen LogP contribution is 2.22. The van der Waals surface area contributed by atoms with E-state index in [-0.39, 0.29) is 5.82 Å². The number of benzene rings is 2. The molecule has 112 valence electrons. The summed E-state index contributed by atoms with van der Waals surface area (Å²) in [6, 6.07) is 16.6. The highest BCUT2D eigenvalue weighted by atomic mass is 19.1. The van der Waals surface area contributed by atoms with Crippen LogP contribution in [0.4, 0.5) is 4.39 Å². The standard InChI is InChI=1S/C17H13FN2.H4N2/c1-12-11-14(7-8-15(12)18)16-9-10-19-17(20-16)13-5-3-2-4-6-13;1-2/h2-11H,1H3;1-2H2. The largest absolute Gasteiger partial charge is 0.274 e. The van der Waals surface area contributed by atoms with E-state index in [9.17, 15) is 4.39 Å². The van der Waals surface area contributed by atoms with Crippen LogP contribution in [0.1, 0.15) is 5.56 Å². The van der Waals surface area contributed by atoms with Gasteiger partial charge >= 0.3 is 0 Å². The fraction of sp³-hybridized carbons (Fsp3) is 0.0588.